The predicted octanol–water partition coefficient (Wildman–Crippen LogP) is 1.19. The Balaban J connectivity index is 2.36. The summed E-state index contributed by atoms with van der Waals surface area (Å²) in [5, 5.41) is 16.6. The summed E-state index contributed by atoms with van der Waals surface area (Å²) in [6.45, 7) is 0.192. The number of rotatable bonds is 3. The second-order valence-electron chi connectivity index (χ2n) is 3.89. The molecule has 102 valence electrons. The standard InChI is InChI=1S/C11H8Cl2N6O/c12-7-1-5(2-8(13)6(7)3-14)4-19-10(15)9(11(16)20)17-18-19/h1-2H,4,15H2,(H2,16,20). The van der Waals surface area contributed by atoms with Crippen molar-refractivity contribution in [3.63, 3.8) is 0 Å². The molecule has 4 N–H and O–H groups in total. The Kier molecular flexibility index (Phi) is 3.79. The highest BCUT2D eigenvalue weighted by molar-refractivity contribution is 6.36. The van der Waals surface area contributed by atoms with Crippen LogP contribution in [0.4, 0.5) is 5.82 Å². The number of hydrogen-bond acceptors (Lipinski definition) is 5. The molecule has 9 heteroatoms. The van der Waals surface area contributed by atoms with Crippen LogP contribution in [-0.2, 0) is 6.54 Å². The average Bonchev–Trinajstić information content (AvgIpc) is 2.71. The molecule has 0 aliphatic heterocycles. The lowest BCUT2D eigenvalue weighted by atomic mass is 10.1. The molecule has 1 heterocycles. The molecule has 20 heavy (non-hydrogen) atoms. The van der Waals surface area contributed by atoms with Gasteiger partial charge in [0, 0.05) is 0 Å². The molecule has 0 bridgehead atoms. The van der Waals surface area contributed by atoms with Crippen molar-refractivity contribution < 1.29 is 4.79 Å². The first-order valence-corrected chi connectivity index (χ1v) is 6.06. The fourth-order valence-corrected chi connectivity index (χ4v) is 2.23. The Morgan fingerprint density at radius 2 is 2.00 bits per heavy atom. The maximum Gasteiger partial charge on any atom is 0.273 e. The molecule has 1 aromatic carbocycles. The summed E-state index contributed by atoms with van der Waals surface area (Å²) < 4.78 is 1.29. The number of nitrogens with two attached hydrogens (primary N) is 2. The van der Waals surface area contributed by atoms with Gasteiger partial charge >= 0.3 is 0 Å². The van der Waals surface area contributed by atoms with Gasteiger partial charge in [0.25, 0.3) is 5.91 Å². The van der Waals surface area contributed by atoms with Crippen LogP contribution in [0, 0.1) is 11.3 Å². The van der Waals surface area contributed by atoms with E-state index < -0.39 is 5.91 Å². The van der Waals surface area contributed by atoms with Crippen molar-refractivity contribution >= 4 is 34.9 Å². The minimum Gasteiger partial charge on any atom is -0.382 e. The Morgan fingerprint density at radius 1 is 1.40 bits per heavy atom. The minimum atomic E-state index is -0.760. The molecular weight excluding hydrogens is 303 g/mol. The highest BCUT2D eigenvalue weighted by Gasteiger charge is 2.15. The fourth-order valence-electron chi connectivity index (χ4n) is 1.61. The van der Waals surface area contributed by atoms with Gasteiger partial charge in [-0.15, -0.1) is 5.10 Å². The first-order valence-electron chi connectivity index (χ1n) is 5.30. The monoisotopic (exact) mass is 310 g/mol. The number of nitrogen functional groups attached to an aromatic ring is 1. The van der Waals surface area contributed by atoms with E-state index in [9.17, 15) is 4.79 Å². The summed E-state index contributed by atoms with van der Waals surface area (Å²) in [5.41, 5.74) is 11.6. The van der Waals surface area contributed by atoms with Crippen LogP contribution in [0.1, 0.15) is 21.6 Å². The van der Waals surface area contributed by atoms with E-state index in [0.29, 0.717) is 5.56 Å². The van der Waals surface area contributed by atoms with Crippen LogP contribution in [0.5, 0.6) is 0 Å². The number of anilines is 1. The molecule has 1 aromatic heterocycles. The van der Waals surface area contributed by atoms with Crippen LogP contribution >= 0.6 is 23.2 Å². The van der Waals surface area contributed by atoms with Gasteiger partial charge in [-0.1, -0.05) is 28.4 Å². The zero-order valence-electron chi connectivity index (χ0n) is 9.97. The lowest BCUT2D eigenvalue weighted by Crippen LogP contribution is -2.15. The maximum atomic E-state index is 11.0. The zero-order valence-corrected chi connectivity index (χ0v) is 11.5. The maximum absolute atomic E-state index is 11.0. The third kappa shape index (κ3) is 2.52. The molecule has 0 unspecified atom stereocenters. The summed E-state index contributed by atoms with van der Waals surface area (Å²) in [5.74, 6) is -0.709. The zero-order chi connectivity index (χ0) is 14.9. The van der Waals surface area contributed by atoms with Crippen molar-refractivity contribution in [2.75, 3.05) is 5.73 Å². The fraction of sp³-hybridized carbons (Fsp3) is 0.0909. The Bertz CT molecular complexity index is 710. The molecule has 1 amide bonds. The van der Waals surface area contributed by atoms with E-state index in [1.165, 1.54) is 4.68 Å². The average molecular weight is 311 g/mol. The van der Waals surface area contributed by atoms with E-state index >= 15 is 0 Å². The van der Waals surface area contributed by atoms with Gasteiger partial charge in [-0.05, 0) is 17.7 Å². The minimum absolute atomic E-state index is 0.0501. The number of aromatic nitrogens is 3. The molecule has 0 spiro atoms. The quantitative estimate of drug-likeness (QED) is 0.881. The van der Waals surface area contributed by atoms with Gasteiger partial charge in [0.1, 0.15) is 6.07 Å². The van der Waals surface area contributed by atoms with Gasteiger partial charge in [0.15, 0.2) is 11.5 Å². The largest absolute Gasteiger partial charge is 0.382 e. The van der Waals surface area contributed by atoms with Crippen molar-refractivity contribution in [1.29, 1.82) is 5.26 Å². The lowest BCUT2D eigenvalue weighted by Gasteiger charge is -2.06. The molecule has 2 aromatic rings. The van der Waals surface area contributed by atoms with E-state index in [1.807, 2.05) is 6.07 Å². The van der Waals surface area contributed by atoms with E-state index in [2.05, 4.69) is 10.3 Å². The number of carbonyl (C=O) groups excluding carboxylic acids is 1. The van der Waals surface area contributed by atoms with Crippen molar-refractivity contribution in [3.8, 4) is 6.07 Å². The summed E-state index contributed by atoms with van der Waals surface area (Å²) in [6, 6.07) is 5.03. The molecule has 0 fully saturated rings. The SMILES string of the molecule is N#Cc1c(Cl)cc(Cn2nnc(C(N)=O)c2N)cc1Cl. The molecule has 2 rings (SSSR count). The topological polar surface area (TPSA) is 124 Å². The number of benzene rings is 1. The van der Waals surface area contributed by atoms with E-state index in [-0.39, 0.29) is 33.7 Å². The van der Waals surface area contributed by atoms with Gasteiger partial charge in [0.05, 0.1) is 22.2 Å². The van der Waals surface area contributed by atoms with Gasteiger partial charge in [-0.25, -0.2) is 4.68 Å². The number of halogens is 2. The van der Waals surface area contributed by atoms with Crippen molar-refractivity contribution in [2.24, 2.45) is 5.73 Å². The first-order chi connectivity index (χ1) is 9.43. The Hall–Kier alpha value is -2.30. The summed E-state index contributed by atoms with van der Waals surface area (Å²) in [6.07, 6.45) is 0. The summed E-state index contributed by atoms with van der Waals surface area (Å²) in [7, 11) is 0. The second kappa shape index (κ2) is 5.36. The lowest BCUT2D eigenvalue weighted by molar-refractivity contribution is 0.0996. The number of hydrogen-bond donors (Lipinski definition) is 2. The number of nitriles is 1. The van der Waals surface area contributed by atoms with Crippen LogP contribution in [0.3, 0.4) is 0 Å². The Labute approximate surface area is 123 Å². The van der Waals surface area contributed by atoms with Crippen molar-refractivity contribution in [2.45, 2.75) is 6.54 Å². The van der Waals surface area contributed by atoms with Gasteiger partial charge in [-0.3, -0.25) is 4.79 Å². The third-order valence-electron chi connectivity index (χ3n) is 2.55. The molecule has 7 nitrogen and oxygen atoms in total. The van der Waals surface area contributed by atoms with Gasteiger partial charge in [-0.2, -0.15) is 5.26 Å². The molecule has 0 radical (unpaired) electrons. The molecule has 0 atom stereocenters. The van der Waals surface area contributed by atoms with Crippen LogP contribution in [-0.4, -0.2) is 20.9 Å². The summed E-state index contributed by atoms with van der Waals surface area (Å²) in [4.78, 5) is 11.0. The van der Waals surface area contributed by atoms with Crippen LogP contribution in [0.25, 0.3) is 0 Å². The highest BCUT2D eigenvalue weighted by Crippen LogP contribution is 2.26. The van der Waals surface area contributed by atoms with E-state index in [1.54, 1.807) is 12.1 Å². The number of primary amides is 1. The predicted molar refractivity (Wildman–Crippen MR) is 73.2 cm³/mol. The van der Waals surface area contributed by atoms with E-state index in [0.717, 1.165) is 0 Å². The van der Waals surface area contributed by atoms with E-state index in [4.69, 9.17) is 39.9 Å². The van der Waals surface area contributed by atoms with Crippen molar-refractivity contribution in [1.82, 2.24) is 15.0 Å². The highest BCUT2D eigenvalue weighted by atomic mass is 35.5. The van der Waals surface area contributed by atoms with Crippen LogP contribution in [0.2, 0.25) is 10.0 Å². The van der Waals surface area contributed by atoms with Crippen LogP contribution in [0.15, 0.2) is 12.1 Å². The number of amides is 1. The van der Waals surface area contributed by atoms with Crippen LogP contribution < -0.4 is 11.5 Å². The number of nitrogens with zero attached hydrogens (tertiary/aromatic N) is 4. The number of carbonyl (C=O) groups is 1. The molecule has 0 saturated carbocycles. The third-order valence-corrected chi connectivity index (χ3v) is 3.15. The van der Waals surface area contributed by atoms with Gasteiger partial charge in [0.2, 0.25) is 0 Å². The smallest absolute Gasteiger partial charge is 0.273 e. The normalized spacial score (nSPS) is 10.2. The van der Waals surface area contributed by atoms with Gasteiger partial charge < -0.3 is 11.5 Å². The first kappa shape index (κ1) is 14.1. The molecule has 0 aliphatic rings. The summed E-state index contributed by atoms with van der Waals surface area (Å²) >= 11 is 11.9. The Morgan fingerprint density at radius 3 is 2.45 bits per heavy atom. The molecule has 0 saturated heterocycles. The second-order valence-corrected chi connectivity index (χ2v) is 4.71. The molecular formula is C11H8Cl2N6O. The van der Waals surface area contributed by atoms with Crippen molar-refractivity contribution in [3.05, 3.63) is 39.0 Å². The molecule has 0 aliphatic carbocycles.